The van der Waals surface area contributed by atoms with Crippen LogP contribution in [0.3, 0.4) is 0 Å². The number of amides is 1. The summed E-state index contributed by atoms with van der Waals surface area (Å²) in [6, 6.07) is 20.6. The molecule has 30 heavy (non-hydrogen) atoms. The first-order valence-corrected chi connectivity index (χ1v) is 10.4. The number of carbonyl (C=O) groups is 1. The van der Waals surface area contributed by atoms with Crippen LogP contribution in [0.1, 0.15) is 16.7 Å². The van der Waals surface area contributed by atoms with E-state index in [0.29, 0.717) is 23.1 Å². The quantitative estimate of drug-likeness (QED) is 0.336. The monoisotopic (exact) mass is 486 g/mol. The Morgan fingerprint density at radius 3 is 2.60 bits per heavy atom. The third kappa shape index (κ3) is 6.61. The van der Waals surface area contributed by atoms with E-state index in [0.717, 1.165) is 21.2 Å². The minimum Gasteiger partial charge on any atom is -0.489 e. The average molecular weight is 488 g/mol. The Morgan fingerprint density at radius 1 is 1.10 bits per heavy atom. The molecule has 0 atom stereocenters. The van der Waals surface area contributed by atoms with Crippen molar-refractivity contribution < 1.29 is 14.3 Å². The van der Waals surface area contributed by atoms with Crippen molar-refractivity contribution in [3.63, 3.8) is 0 Å². The van der Waals surface area contributed by atoms with Crippen molar-refractivity contribution in [1.29, 1.82) is 0 Å². The molecule has 0 radical (unpaired) electrons. The van der Waals surface area contributed by atoms with Gasteiger partial charge in [-0.05, 0) is 76.4 Å². The molecule has 0 saturated heterocycles. The molecule has 3 rings (SSSR count). The van der Waals surface area contributed by atoms with Gasteiger partial charge in [-0.2, -0.15) is 5.10 Å². The maximum atomic E-state index is 11.9. The molecular weight excluding hydrogens is 468 g/mol. The van der Waals surface area contributed by atoms with Crippen LogP contribution in [0.2, 0.25) is 5.02 Å². The zero-order valence-corrected chi connectivity index (χ0v) is 18.6. The molecule has 0 aliphatic rings. The lowest BCUT2D eigenvalue weighted by molar-refractivity contribution is -0.123. The third-order valence-electron chi connectivity index (χ3n) is 4.08. The van der Waals surface area contributed by atoms with Gasteiger partial charge in [0.25, 0.3) is 5.91 Å². The summed E-state index contributed by atoms with van der Waals surface area (Å²) in [6.07, 6.45) is 1.55. The highest BCUT2D eigenvalue weighted by Gasteiger charge is 2.05. The highest BCUT2D eigenvalue weighted by molar-refractivity contribution is 9.10. The highest BCUT2D eigenvalue weighted by Crippen LogP contribution is 2.25. The molecular formula is C23H20BrClN2O3. The maximum absolute atomic E-state index is 11.9. The summed E-state index contributed by atoms with van der Waals surface area (Å²) in [5.41, 5.74) is 5.29. The minimum atomic E-state index is -0.349. The summed E-state index contributed by atoms with van der Waals surface area (Å²) in [6.45, 7) is 2.24. The van der Waals surface area contributed by atoms with Gasteiger partial charge in [-0.25, -0.2) is 5.43 Å². The first kappa shape index (κ1) is 21.9. The molecule has 0 spiro atoms. The summed E-state index contributed by atoms with van der Waals surface area (Å²) in [5.74, 6) is 0.971. The van der Waals surface area contributed by atoms with Crippen LogP contribution in [0.15, 0.2) is 76.3 Å². The molecule has 3 aromatic carbocycles. The van der Waals surface area contributed by atoms with Gasteiger partial charge in [0.1, 0.15) is 18.1 Å². The van der Waals surface area contributed by atoms with Crippen molar-refractivity contribution in [3.8, 4) is 11.5 Å². The molecule has 0 aliphatic heterocycles. The number of aryl methyl sites for hydroxylation is 1. The van der Waals surface area contributed by atoms with Crippen molar-refractivity contribution in [2.24, 2.45) is 5.10 Å². The first-order chi connectivity index (χ1) is 14.5. The van der Waals surface area contributed by atoms with Gasteiger partial charge in [0.05, 0.1) is 10.7 Å². The molecule has 5 nitrogen and oxygen atoms in total. The Balaban J connectivity index is 1.44. The molecule has 0 fully saturated rings. The Labute approximate surface area is 188 Å². The van der Waals surface area contributed by atoms with Crippen LogP contribution in [0.5, 0.6) is 11.5 Å². The normalized spacial score (nSPS) is 10.8. The lowest BCUT2D eigenvalue weighted by atomic mass is 10.2. The van der Waals surface area contributed by atoms with Gasteiger partial charge in [-0.1, -0.05) is 35.9 Å². The van der Waals surface area contributed by atoms with Gasteiger partial charge in [-0.15, -0.1) is 0 Å². The molecule has 0 aromatic heterocycles. The fraction of sp³-hybridized carbons (Fsp3) is 0.130. The summed E-state index contributed by atoms with van der Waals surface area (Å²) < 4.78 is 12.0. The molecule has 3 aromatic rings. The molecule has 1 N–H and O–H groups in total. The Hall–Kier alpha value is -2.83. The van der Waals surface area contributed by atoms with E-state index in [4.69, 9.17) is 21.1 Å². The van der Waals surface area contributed by atoms with Crippen LogP contribution < -0.4 is 14.9 Å². The van der Waals surface area contributed by atoms with Crippen LogP contribution in [0.4, 0.5) is 0 Å². The van der Waals surface area contributed by atoms with E-state index in [-0.39, 0.29) is 12.5 Å². The van der Waals surface area contributed by atoms with Gasteiger partial charge >= 0.3 is 0 Å². The van der Waals surface area contributed by atoms with E-state index in [1.807, 2.05) is 73.7 Å². The fourth-order valence-electron chi connectivity index (χ4n) is 2.50. The molecule has 7 heteroatoms. The Kier molecular flexibility index (Phi) is 7.88. The smallest absolute Gasteiger partial charge is 0.277 e. The van der Waals surface area contributed by atoms with E-state index >= 15 is 0 Å². The van der Waals surface area contributed by atoms with Crippen molar-refractivity contribution in [2.45, 2.75) is 13.5 Å². The zero-order valence-electron chi connectivity index (χ0n) is 16.3. The second kappa shape index (κ2) is 10.8. The van der Waals surface area contributed by atoms with E-state index in [9.17, 15) is 4.79 Å². The van der Waals surface area contributed by atoms with Crippen molar-refractivity contribution in [1.82, 2.24) is 5.43 Å². The van der Waals surface area contributed by atoms with Crippen molar-refractivity contribution in [3.05, 3.63) is 92.9 Å². The molecule has 1 amide bonds. The summed E-state index contributed by atoms with van der Waals surface area (Å²) in [5, 5.41) is 4.63. The SMILES string of the molecule is Cc1ccc(OCC(=O)N/N=C/c2ccc(OCc3ccccc3Cl)cc2)c(Br)c1. The Bertz CT molecular complexity index is 1040. The highest BCUT2D eigenvalue weighted by atomic mass is 79.9. The predicted molar refractivity (Wildman–Crippen MR) is 122 cm³/mol. The third-order valence-corrected chi connectivity index (χ3v) is 5.07. The number of hydrogen-bond acceptors (Lipinski definition) is 4. The van der Waals surface area contributed by atoms with Gasteiger partial charge in [0, 0.05) is 10.6 Å². The number of hydrazone groups is 1. The van der Waals surface area contributed by atoms with Gasteiger partial charge in [0.2, 0.25) is 0 Å². The fourth-order valence-corrected chi connectivity index (χ4v) is 3.30. The lowest BCUT2D eigenvalue weighted by Gasteiger charge is -2.08. The molecule has 0 aliphatic carbocycles. The van der Waals surface area contributed by atoms with Crippen LogP contribution >= 0.6 is 27.5 Å². The molecule has 0 saturated carbocycles. The first-order valence-electron chi connectivity index (χ1n) is 9.18. The Morgan fingerprint density at radius 2 is 1.87 bits per heavy atom. The van der Waals surface area contributed by atoms with Crippen molar-refractivity contribution >= 4 is 39.7 Å². The van der Waals surface area contributed by atoms with E-state index in [1.165, 1.54) is 0 Å². The molecule has 0 bridgehead atoms. The van der Waals surface area contributed by atoms with Crippen LogP contribution in [-0.4, -0.2) is 18.7 Å². The van der Waals surface area contributed by atoms with E-state index in [2.05, 4.69) is 26.5 Å². The van der Waals surface area contributed by atoms with Gasteiger partial charge < -0.3 is 9.47 Å². The van der Waals surface area contributed by atoms with Crippen LogP contribution in [0, 0.1) is 6.92 Å². The largest absolute Gasteiger partial charge is 0.489 e. The topological polar surface area (TPSA) is 59.9 Å². The van der Waals surface area contributed by atoms with E-state index < -0.39 is 0 Å². The van der Waals surface area contributed by atoms with Crippen molar-refractivity contribution in [2.75, 3.05) is 6.61 Å². The zero-order chi connectivity index (χ0) is 21.3. The predicted octanol–water partition coefficient (Wildman–Crippen LogP) is 5.52. The second-order valence-electron chi connectivity index (χ2n) is 6.46. The average Bonchev–Trinajstić information content (AvgIpc) is 2.73. The van der Waals surface area contributed by atoms with E-state index in [1.54, 1.807) is 6.21 Å². The number of ether oxygens (including phenoxy) is 2. The standard InChI is InChI=1S/C23H20BrClN2O3/c1-16-6-11-22(20(24)12-16)30-15-23(28)27-26-13-17-7-9-19(10-8-17)29-14-18-4-2-3-5-21(18)25/h2-13H,14-15H2,1H3,(H,27,28)/b26-13+. The maximum Gasteiger partial charge on any atom is 0.277 e. The number of benzene rings is 3. The summed E-state index contributed by atoms with van der Waals surface area (Å²) >= 11 is 9.54. The van der Waals surface area contributed by atoms with Gasteiger partial charge in [0.15, 0.2) is 6.61 Å². The number of nitrogens with zero attached hydrogens (tertiary/aromatic N) is 1. The van der Waals surface area contributed by atoms with Crippen LogP contribution in [-0.2, 0) is 11.4 Å². The molecule has 154 valence electrons. The molecule has 0 unspecified atom stereocenters. The number of nitrogens with one attached hydrogen (secondary N) is 1. The second-order valence-corrected chi connectivity index (χ2v) is 7.73. The number of hydrogen-bond donors (Lipinski definition) is 1. The van der Waals surface area contributed by atoms with Crippen LogP contribution in [0.25, 0.3) is 0 Å². The number of halogens is 2. The van der Waals surface area contributed by atoms with Gasteiger partial charge in [-0.3, -0.25) is 4.79 Å². The number of carbonyl (C=O) groups excluding carboxylic acids is 1. The lowest BCUT2D eigenvalue weighted by Crippen LogP contribution is -2.24. The molecule has 0 heterocycles. The summed E-state index contributed by atoms with van der Waals surface area (Å²) in [4.78, 5) is 11.9. The number of rotatable bonds is 8. The minimum absolute atomic E-state index is 0.131. The summed E-state index contributed by atoms with van der Waals surface area (Å²) in [7, 11) is 0.